The second-order valence-electron chi connectivity index (χ2n) is 5.97. The summed E-state index contributed by atoms with van der Waals surface area (Å²) in [5.74, 6) is 0.892. The molecule has 1 fully saturated rings. The number of rotatable bonds is 6. The Bertz CT molecular complexity index is 486. The summed E-state index contributed by atoms with van der Waals surface area (Å²) in [4.78, 5) is 4.86. The number of nitrogens with zero attached hydrogens (tertiary/aromatic N) is 1. The van der Waals surface area contributed by atoms with Crippen LogP contribution in [0, 0.1) is 0 Å². The normalized spacial score (nSPS) is 19.2. The van der Waals surface area contributed by atoms with Crippen molar-refractivity contribution >= 4 is 17.7 Å². The van der Waals surface area contributed by atoms with Gasteiger partial charge >= 0.3 is 0 Å². The van der Waals surface area contributed by atoms with E-state index >= 15 is 0 Å². The maximum absolute atomic E-state index is 5.51. The van der Waals surface area contributed by atoms with Gasteiger partial charge in [-0.25, -0.2) is 0 Å². The highest BCUT2D eigenvalue weighted by Gasteiger charge is 2.31. The monoisotopic (exact) mass is 335 g/mol. The molecule has 1 atom stereocenters. The van der Waals surface area contributed by atoms with E-state index < -0.39 is 0 Å². The Kier molecular flexibility index (Phi) is 7.24. The van der Waals surface area contributed by atoms with Crippen LogP contribution < -0.4 is 10.6 Å². The van der Waals surface area contributed by atoms with Crippen LogP contribution in [0.15, 0.2) is 35.3 Å². The molecule has 23 heavy (non-hydrogen) atoms. The number of hydrogen-bond acceptors (Lipinski definition) is 3. The molecule has 1 aromatic rings. The van der Waals surface area contributed by atoms with E-state index in [2.05, 4.69) is 55.0 Å². The topological polar surface area (TPSA) is 45.7 Å². The molecule has 1 unspecified atom stereocenters. The summed E-state index contributed by atoms with van der Waals surface area (Å²) in [6.07, 6.45) is 4.34. The summed E-state index contributed by atoms with van der Waals surface area (Å²) in [5, 5.41) is 6.88. The third-order valence-electron chi connectivity index (χ3n) is 4.36. The van der Waals surface area contributed by atoms with Crippen molar-refractivity contribution in [3.8, 4) is 0 Å². The molecule has 1 aromatic carbocycles. The van der Waals surface area contributed by atoms with Crippen LogP contribution in [0.5, 0.6) is 0 Å². The lowest BCUT2D eigenvalue weighted by molar-refractivity contribution is 0.0794. The molecule has 0 bridgehead atoms. The smallest absolute Gasteiger partial charge is 0.191 e. The fraction of sp³-hybridized carbons (Fsp3) is 0.611. The molecule has 0 saturated carbocycles. The lowest BCUT2D eigenvalue weighted by Crippen LogP contribution is -2.41. The molecule has 128 valence electrons. The number of hydrogen-bond donors (Lipinski definition) is 2. The maximum atomic E-state index is 5.51. The molecular weight excluding hydrogens is 306 g/mol. The van der Waals surface area contributed by atoms with Gasteiger partial charge in [-0.05, 0) is 38.5 Å². The summed E-state index contributed by atoms with van der Waals surface area (Å²) in [6, 6.07) is 10.7. The van der Waals surface area contributed by atoms with Crippen LogP contribution in [0.3, 0.4) is 0 Å². The van der Waals surface area contributed by atoms with E-state index in [4.69, 9.17) is 9.73 Å². The van der Waals surface area contributed by atoms with Crippen LogP contribution in [0.2, 0.25) is 0 Å². The van der Waals surface area contributed by atoms with E-state index in [0.29, 0.717) is 0 Å². The zero-order chi connectivity index (χ0) is 16.5. The summed E-state index contributed by atoms with van der Waals surface area (Å²) in [6.45, 7) is 7.66. The second kappa shape index (κ2) is 9.18. The summed E-state index contributed by atoms with van der Waals surface area (Å²) in [5.41, 5.74) is 1.27. The molecular formula is C18H29N3OS. The fourth-order valence-corrected chi connectivity index (χ4v) is 3.51. The Hall–Kier alpha value is -1.20. The number of guanidine groups is 1. The van der Waals surface area contributed by atoms with Crippen LogP contribution in [-0.2, 0) is 4.74 Å². The molecule has 4 nitrogen and oxygen atoms in total. The highest BCUT2D eigenvalue weighted by Crippen LogP contribution is 2.34. The first-order valence-corrected chi connectivity index (χ1v) is 9.64. The number of thioether (sulfide) groups is 1. The van der Waals surface area contributed by atoms with Crippen LogP contribution in [0.25, 0.3) is 0 Å². The van der Waals surface area contributed by atoms with Crippen LogP contribution in [0.1, 0.15) is 38.3 Å². The fourth-order valence-electron chi connectivity index (χ4n) is 2.74. The molecule has 0 radical (unpaired) electrons. The van der Waals surface area contributed by atoms with E-state index in [9.17, 15) is 0 Å². The third kappa shape index (κ3) is 5.43. The van der Waals surface area contributed by atoms with Gasteiger partial charge < -0.3 is 15.4 Å². The number of aliphatic imine (C=N–C) groups is 1. The van der Waals surface area contributed by atoms with Crippen molar-refractivity contribution in [1.82, 2.24) is 10.6 Å². The Balaban J connectivity index is 2.01. The minimum absolute atomic E-state index is 0.219. The highest BCUT2D eigenvalue weighted by molar-refractivity contribution is 8.00. The molecule has 5 heteroatoms. The van der Waals surface area contributed by atoms with Crippen molar-refractivity contribution in [2.24, 2.45) is 4.99 Å². The van der Waals surface area contributed by atoms with Gasteiger partial charge in [-0.3, -0.25) is 4.99 Å². The lowest BCUT2D eigenvalue weighted by atomic mass is 9.99. The average Bonchev–Trinajstić information content (AvgIpc) is 2.61. The molecule has 0 aromatic heterocycles. The number of ether oxygens (including phenoxy) is 1. The van der Waals surface area contributed by atoms with Gasteiger partial charge in [-0.1, -0.05) is 30.3 Å². The zero-order valence-corrected chi connectivity index (χ0v) is 15.3. The minimum Gasteiger partial charge on any atom is -0.381 e. The largest absolute Gasteiger partial charge is 0.381 e. The SMILES string of the molecule is CCNC(=NCC1(SC)CCOCC1)NC(C)c1ccccc1. The van der Waals surface area contributed by atoms with Gasteiger partial charge in [-0.2, -0.15) is 11.8 Å². The Morgan fingerprint density at radius 3 is 2.61 bits per heavy atom. The van der Waals surface area contributed by atoms with Crippen molar-refractivity contribution in [3.63, 3.8) is 0 Å². The highest BCUT2D eigenvalue weighted by atomic mass is 32.2. The summed E-state index contributed by atoms with van der Waals surface area (Å²) >= 11 is 1.93. The van der Waals surface area contributed by atoms with Crippen molar-refractivity contribution in [1.29, 1.82) is 0 Å². The van der Waals surface area contributed by atoms with Gasteiger partial charge in [0.25, 0.3) is 0 Å². The van der Waals surface area contributed by atoms with E-state index in [1.807, 2.05) is 17.8 Å². The van der Waals surface area contributed by atoms with Crippen molar-refractivity contribution in [2.75, 3.05) is 32.6 Å². The lowest BCUT2D eigenvalue weighted by Gasteiger charge is -2.34. The Morgan fingerprint density at radius 2 is 2.00 bits per heavy atom. The first-order valence-electron chi connectivity index (χ1n) is 8.42. The number of benzene rings is 1. The second-order valence-corrected chi connectivity index (χ2v) is 7.25. The first-order chi connectivity index (χ1) is 11.2. The Labute approximate surface area is 144 Å². The van der Waals surface area contributed by atoms with E-state index in [-0.39, 0.29) is 10.8 Å². The molecule has 1 saturated heterocycles. The molecule has 0 amide bonds. The van der Waals surface area contributed by atoms with Crippen molar-refractivity contribution in [2.45, 2.75) is 37.5 Å². The van der Waals surface area contributed by atoms with Crippen LogP contribution in [-0.4, -0.2) is 43.3 Å². The van der Waals surface area contributed by atoms with E-state index in [0.717, 1.165) is 45.1 Å². The predicted octanol–water partition coefficient (Wildman–Crippen LogP) is 3.21. The molecule has 1 aliphatic rings. The zero-order valence-electron chi connectivity index (χ0n) is 14.5. The predicted molar refractivity (Wildman–Crippen MR) is 100 cm³/mol. The van der Waals surface area contributed by atoms with E-state index in [1.54, 1.807) is 0 Å². The van der Waals surface area contributed by atoms with Gasteiger partial charge in [0.1, 0.15) is 0 Å². The molecule has 1 aliphatic heterocycles. The van der Waals surface area contributed by atoms with Crippen molar-refractivity contribution in [3.05, 3.63) is 35.9 Å². The van der Waals surface area contributed by atoms with Crippen molar-refractivity contribution < 1.29 is 4.74 Å². The van der Waals surface area contributed by atoms with Crippen LogP contribution in [0.4, 0.5) is 0 Å². The standard InChI is InChI=1S/C18H29N3OS/c1-4-19-17(21-15(2)16-8-6-5-7-9-16)20-14-18(23-3)10-12-22-13-11-18/h5-9,15H,4,10-14H2,1-3H3,(H2,19,20,21). The molecule has 2 rings (SSSR count). The molecule has 0 spiro atoms. The maximum Gasteiger partial charge on any atom is 0.191 e. The molecule has 2 N–H and O–H groups in total. The summed E-state index contributed by atoms with van der Waals surface area (Å²) in [7, 11) is 0. The van der Waals surface area contributed by atoms with Gasteiger partial charge in [0, 0.05) is 24.5 Å². The quantitative estimate of drug-likeness (QED) is 0.619. The van der Waals surface area contributed by atoms with Gasteiger partial charge in [0.2, 0.25) is 0 Å². The van der Waals surface area contributed by atoms with Gasteiger partial charge in [0.05, 0.1) is 12.6 Å². The Morgan fingerprint density at radius 1 is 1.30 bits per heavy atom. The average molecular weight is 336 g/mol. The number of nitrogens with one attached hydrogen (secondary N) is 2. The van der Waals surface area contributed by atoms with E-state index in [1.165, 1.54) is 5.56 Å². The van der Waals surface area contributed by atoms with Crippen LogP contribution >= 0.6 is 11.8 Å². The molecule has 1 heterocycles. The van der Waals surface area contributed by atoms with Gasteiger partial charge in [-0.15, -0.1) is 0 Å². The van der Waals surface area contributed by atoms with Gasteiger partial charge in [0.15, 0.2) is 5.96 Å². The first kappa shape index (κ1) is 18.1. The minimum atomic E-state index is 0.219. The molecule has 0 aliphatic carbocycles. The summed E-state index contributed by atoms with van der Waals surface area (Å²) < 4.78 is 5.73. The third-order valence-corrected chi connectivity index (χ3v) is 5.76.